The molecule has 0 heterocycles. The Hall–Kier alpha value is -3.40. The monoisotopic (exact) mass is 437 g/mol. The minimum Gasteiger partial charge on any atom is -0.249 e. The van der Waals surface area contributed by atoms with Gasteiger partial charge in [-0.25, -0.2) is 4.21 Å². The fraction of sp³-hybridized carbons (Fsp3) is 0.207. The van der Waals surface area contributed by atoms with Crippen molar-refractivity contribution in [2.24, 2.45) is 0 Å². The molecule has 0 unspecified atom stereocenters. The first-order valence-corrected chi connectivity index (χ1v) is 11.7. The molecular formula is C29H27NOS. The molecule has 3 rings (SSSR count). The molecule has 0 amide bonds. The van der Waals surface area contributed by atoms with Crippen LogP contribution in [0.25, 0.3) is 6.08 Å². The highest BCUT2D eigenvalue weighted by Gasteiger charge is 2.35. The highest BCUT2D eigenvalue weighted by molar-refractivity contribution is 7.85. The van der Waals surface area contributed by atoms with Crippen molar-refractivity contribution < 1.29 is 4.21 Å². The molecule has 32 heavy (non-hydrogen) atoms. The zero-order valence-corrected chi connectivity index (χ0v) is 19.6. The van der Waals surface area contributed by atoms with Gasteiger partial charge in [0.15, 0.2) is 0 Å². The molecule has 2 atom stereocenters. The van der Waals surface area contributed by atoms with Gasteiger partial charge in [-0.15, -0.1) is 11.8 Å². The topological polar surface area (TPSA) is 40.9 Å². The SMILES string of the molecule is CC#CC[C@](C#N)(C/C(C)=C/c1ccccc1)c1ccccc1[S@@](=O)c1ccc(C)cc1. The second-order valence-electron chi connectivity index (χ2n) is 7.95. The van der Waals surface area contributed by atoms with Crippen LogP contribution in [-0.2, 0) is 16.2 Å². The highest BCUT2D eigenvalue weighted by Crippen LogP contribution is 2.38. The molecule has 3 heteroatoms. The summed E-state index contributed by atoms with van der Waals surface area (Å²) >= 11 is 0. The maximum Gasteiger partial charge on any atom is 0.0979 e. The van der Waals surface area contributed by atoms with Gasteiger partial charge < -0.3 is 0 Å². The summed E-state index contributed by atoms with van der Waals surface area (Å²) in [6, 6.07) is 27.9. The van der Waals surface area contributed by atoms with E-state index in [0.29, 0.717) is 17.7 Å². The Bertz CT molecular complexity index is 1220. The van der Waals surface area contributed by atoms with E-state index in [1.807, 2.05) is 92.7 Å². The lowest BCUT2D eigenvalue weighted by atomic mass is 9.74. The van der Waals surface area contributed by atoms with Crippen LogP contribution in [0.2, 0.25) is 0 Å². The Morgan fingerprint density at radius 1 is 1.00 bits per heavy atom. The van der Waals surface area contributed by atoms with E-state index >= 15 is 0 Å². The van der Waals surface area contributed by atoms with Crippen LogP contribution >= 0.6 is 0 Å². The van der Waals surface area contributed by atoms with Gasteiger partial charge in [-0.1, -0.05) is 77.9 Å². The Labute approximate surface area is 194 Å². The van der Waals surface area contributed by atoms with E-state index < -0.39 is 16.2 Å². The number of hydrogen-bond acceptors (Lipinski definition) is 2. The first-order chi connectivity index (χ1) is 15.5. The average Bonchev–Trinajstić information content (AvgIpc) is 2.82. The zero-order valence-electron chi connectivity index (χ0n) is 18.8. The molecule has 0 radical (unpaired) electrons. The summed E-state index contributed by atoms with van der Waals surface area (Å²) in [6.45, 7) is 5.83. The maximum atomic E-state index is 13.5. The standard InChI is InChI=1S/C29H27NOS/c1-4-5-19-29(22-30,21-24(3)20-25-11-7-6-8-12-25)27-13-9-10-14-28(27)32(31)26-17-15-23(2)16-18-26/h6-18,20H,19,21H2,1-3H3/b24-20+/t29-,32+/m1/s1. The first kappa shape index (κ1) is 23.3. The van der Waals surface area contributed by atoms with Crippen molar-refractivity contribution in [2.45, 2.75) is 48.8 Å². The van der Waals surface area contributed by atoms with Crippen molar-refractivity contribution in [3.63, 3.8) is 0 Å². The largest absolute Gasteiger partial charge is 0.249 e. The molecule has 0 N–H and O–H groups in total. The van der Waals surface area contributed by atoms with Crippen molar-refractivity contribution in [1.29, 1.82) is 5.26 Å². The summed E-state index contributed by atoms with van der Waals surface area (Å²) in [4.78, 5) is 1.40. The van der Waals surface area contributed by atoms with E-state index in [1.165, 1.54) is 0 Å². The van der Waals surface area contributed by atoms with Crippen molar-refractivity contribution in [3.8, 4) is 17.9 Å². The van der Waals surface area contributed by atoms with Gasteiger partial charge in [0, 0.05) is 16.2 Å². The molecule has 0 aliphatic carbocycles. The normalized spacial score (nSPS) is 13.9. The number of aryl methyl sites for hydroxylation is 1. The van der Waals surface area contributed by atoms with Crippen LogP contribution < -0.4 is 0 Å². The lowest BCUT2D eigenvalue weighted by molar-refractivity contribution is 0.548. The quantitative estimate of drug-likeness (QED) is 0.380. The second kappa shape index (κ2) is 10.8. The summed E-state index contributed by atoms with van der Waals surface area (Å²) in [6.07, 6.45) is 2.99. The second-order valence-corrected chi connectivity index (χ2v) is 9.40. The van der Waals surface area contributed by atoms with Crippen molar-refractivity contribution in [2.75, 3.05) is 0 Å². The molecule has 160 valence electrons. The van der Waals surface area contributed by atoms with E-state index in [4.69, 9.17) is 0 Å². The molecule has 0 aliphatic heterocycles. The third-order valence-corrected chi connectivity index (χ3v) is 6.87. The van der Waals surface area contributed by atoms with Gasteiger partial charge in [-0.3, -0.25) is 0 Å². The molecule has 0 spiro atoms. The van der Waals surface area contributed by atoms with Crippen LogP contribution in [0.15, 0.2) is 94.2 Å². The van der Waals surface area contributed by atoms with Gasteiger partial charge in [-0.2, -0.15) is 5.26 Å². The summed E-state index contributed by atoms with van der Waals surface area (Å²) in [5.74, 6) is 6.06. The minimum atomic E-state index is -1.39. The molecule has 3 aromatic rings. The summed E-state index contributed by atoms with van der Waals surface area (Å²) in [5, 5.41) is 10.4. The van der Waals surface area contributed by atoms with Crippen LogP contribution in [0.1, 0.15) is 43.4 Å². The van der Waals surface area contributed by atoms with E-state index in [9.17, 15) is 9.47 Å². The van der Waals surface area contributed by atoms with Crippen molar-refractivity contribution in [3.05, 3.63) is 101 Å². The minimum absolute atomic E-state index is 0.377. The lowest BCUT2D eigenvalue weighted by Crippen LogP contribution is -2.26. The number of benzene rings is 3. The van der Waals surface area contributed by atoms with Gasteiger partial charge in [0.25, 0.3) is 0 Å². The molecule has 0 saturated heterocycles. The van der Waals surface area contributed by atoms with Crippen LogP contribution in [0.4, 0.5) is 0 Å². The van der Waals surface area contributed by atoms with E-state index in [-0.39, 0.29) is 0 Å². The summed E-state index contributed by atoms with van der Waals surface area (Å²) < 4.78 is 13.5. The van der Waals surface area contributed by atoms with Crippen molar-refractivity contribution in [1.82, 2.24) is 0 Å². The lowest BCUT2D eigenvalue weighted by Gasteiger charge is -2.28. The number of rotatable bonds is 7. The van der Waals surface area contributed by atoms with Crippen LogP contribution in [0.5, 0.6) is 0 Å². The summed E-state index contributed by atoms with van der Waals surface area (Å²) in [7, 11) is -1.39. The van der Waals surface area contributed by atoms with E-state index in [0.717, 1.165) is 27.2 Å². The van der Waals surface area contributed by atoms with Gasteiger partial charge in [-0.05, 0) is 56.5 Å². The van der Waals surface area contributed by atoms with Crippen LogP contribution in [-0.4, -0.2) is 4.21 Å². The smallest absolute Gasteiger partial charge is 0.0979 e. The number of nitrogens with zero attached hydrogens (tertiary/aromatic N) is 1. The maximum absolute atomic E-state index is 13.5. The Morgan fingerprint density at radius 3 is 2.31 bits per heavy atom. The third kappa shape index (κ3) is 5.44. The van der Waals surface area contributed by atoms with Crippen molar-refractivity contribution >= 4 is 16.9 Å². The van der Waals surface area contributed by atoms with Gasteiger partial charge >= 0.3 is 0 Å². The van der Waals surface area contributed by atoms with Crippen LogP contribution in [0, 0.1) is 30.1 Å². The molecule has 0 bridgehead atoms. The zero-order chi connectivity index (χ0) is 23.0. The molecule has 0 aliphatic rings. The first-order valence-electron chi connectivity index (χ1n) is 10.6. The average molecular weight is 438 g/mol. The predicted molar refractivity (Wildman–Crippen MR) is 132 cm³/mol. The fourth-order valence-corrected chi connectivity index (χ4v) is 5.11. The molecule has 3 aromatic carbocycles. The van der Waals surface area contributed by atoms with Gasteiger partial charge in [0.05, 0.1) is 22.3 Å². The van der Waals surface area contributed by atoms with E-state index in [2.05, 4.69) is 24.0 Å². The van der Waals surface area contributed by atoms with Gasteiger partial charge in [0.1, 0.15) is 0 Å². The number of hydrogen-bond donors (Lipinski definition) is 0. The number of allylic oxidation sites excluding steroid dienone is 1. The fourth-order valence-electron chi connectivity index (χ4n) is 3.80. The molecule has 0 saturated carbocycles. The number of nitriles is 1. The Balaban J connectivity index is 2.09. The highest BCUT2D eigenvalue weighted by atomic mass is 32.2. The summed E-state index contributed by atoms with van der Waals surface area (Å²) in [5.41, 5.74) is 3.17. The Kier molecular flexibility index (Phi) is 7.82. The van der Waals surface area contributed by atoms with E-state index in [1.54, 1.807) is 6.92 Å². The molecule has 0 fully saturated rings. The third-order valence-electron chi connectivity index (χ3n) is 5.41. The van der Waals surface area contributed by atoms with Crippen LogP contribution in [0.3, 0.4) is 0 Å². The molecule has 0 aromatic heterocycles. The van der Waals surface area contributed by atoms with Gasteiger partial charge in [0.2, 0.25) is 0 Å². The molecular weight excluding hydrogens is 410 g/mol. The predicted octanol–water partition coefficient (Wildman–Crippen LogP) is 6.83. The molecule has 2 nitrogen and oxygen atoms in total. The Morgan fingerprint density at radius 2 is 1.66 bits per heavy atom.